The van der Waals surface area contributed by atoms with Crippen LogP contribution in [-0.4, -0.2) is 32.3 Å². The van der Waals surface area contributed by atoms with Crippen LogP contribution in [0.2, 0.25) is 0 Å². The van der Waals surface area contributed by atoms with Gasteiger partial charge in [-0.15, -0.1) is 0 Å². The summed E-state index contributed by atoms with van der Waals surface area (Å²) in [5, 5.41) is 7.10. The van der Waals surface area contributed by atoms with E-state index in [9.17, 15) is 0 Å². The number of rotatable bonds is 5. The highest BCUT2D eigenvalue weighted by Gasteiger charge is 2.29. The molecule has 1 aliphatic heterocycles. The molecule has 1 aromatic rings. The summed E-state index contributed by atoms with van der Waals surface area (Å²) in [4.78, 5) is 0. The molecule has 106 valence electrons. The molecule has 1 aliphatic rings. The maximum atomic E-state index is 5.41. The third-order valence-electron chi connectivity index (χ3n) is 3.66. The summed E-state index contributed by atoms with van der Waals surface area (Å²) >= 11 is 0. The lowest BCUT2D eigenvalue weighted by molar-refractivity contribution is 0.388. The summed E-state index contributed by atoms with van der Waals surface area (Å²) in [5.74, 6) is 1.70. The molecule has 1 aromatic carbocycles. The predicted octanol–water partition coefficient (Wildman–Crippen LogP) is 1.93. The number of hydrogen-bond donors (Lipinski definition) is 2. The molecule has 1 saturated heterocycles. The van der Waals surface area contributed by atoms with Crippen molar-refractivity contribution in [2.24, 2.45) is 0 Å². The lowest BCUT2D eigenvalue weighted by atomic mass is 10.0. The van der Waals surface area contributed by atoms with E-state index < -0.39 is 0 Å². The van der Waals surface area contributed by atoms with Gasteiger partial charge in [0.1, 0.15) is 11.5 Å². The standard InChI is InChI=1S/C15H24N2O2/c1-15(2)8-12(10-17-15)16-9-11-5-6-13(18-3)7-14(11)19-4/h5-7,12,16-17H,8-10H2,1-4H3. The molecule has 0 bridgehead atoms. The van der Waals surface area contributed by atoms with Gasteiger partial charge in [0.25, 0.3) is 0 Å². The topological polar surface area (TPSA) is 42.5 Å². The second-order valence-corrected chi connectivity index (χ2v) is 5.72. The minimum atomic E-state index is 0.238. The lowest BCUT2D eigenvalue weighted by Gasteiger charge is -2.18. The minimum Gasteiger partial charge on any atom is -0.497 e. The zero-order chi connectivity index (χ0) is 13.9. The van der Waals surface area contributed by atoms with E-state index in [2.05, 4.69) is 30.5 Å². The Morgan fingerprint density at radius 3 is 2.68 bits per heavy atom. The van der Waals surface area contributed by atoms with Crippen molar-refractivity contribution >= 4 is 0 Å². The number of ether oxygens (including phenoxy) is 2. The van der Waals surface area contributed by atoms with Gasteiger partial charge in [0.2, 0.25) is 0 Å². The molecule has 4 nitrogen and oxygen atoms in total. The molecule has 0 aromatic heterocycles. The first-order chi connectivity index (χ1) is 9.04. The van der Waals surface area contributed by atoms with Gasteiger partial charge in [-0.2, -0.15) is 0 Å². The van der Waals surface area contributed by atoms with Crippen LogP contribution >= 0.6 is 0 Å². The molecule has 2 rings (SSSR count). The molecule has 0 saturated carbocycles. The van der Waals surface area contributed by atoms with Crippen molar-refractivity contribution in [3.05, 3.63) is 23.8 Å². The molecule has 0 amide bonds. The van der Waals surface area contributed by atoms with Gasteiger partial charge in [0.15, 0.2) is 0 Å². The molecule has 1 atom stereocenters. The van der Waals surface area contributed by atoms with E-state index in [4.69, 9.17) is 9.47 Å². The second-order valence-electron chi connectivity index (χ2n) is 5.72. The van der Waals surface area contributed by atoms with Crippen molar-refractivity contribution in [3.63, 3.8) is 0 Å². The average molecular weight is 264 g/mol. The summed E-state index contributed by atoms with van der Waals surface area (Å²) in [6.45, 7) is 6.31. The SMILES string of the molecule is COc1ccc(CNC2CNC(C)(C)C2)c(OC)c1. The van der Waals surface area contributed by atoms with Gasteiger partial charge in [0.05, 0.1) is 14.2 Å². The Morgan fingerprint density at radius 1 is 1.32 bits per heavy atom. The van der Waals surface area contributed by atoms with Crippen molar-refractivity contribution in [1.82, 2.24) is 10.6 Å². The third kappa shape index (κ3) is 3.61. The van der Waals surface area contributed by atoms with Gasteiger partial charge in [-0.05, 0) is 26.3 Å². The van der Waals surface area contributed by atoms with Gasteiger partial charge in [-0.3, -0.25) is 0 Å². The molecule has 0 aliphatic carbocycles. The fraction of sp³-hybridized carbons (Fsp3) is 0.600. The van der Waals surface area contributed by atoms with Gasteiger partial charge in [-0.1, -0.05) is 6.07 Å². The Kier molecular flexibility index (Phi) is 4.32. The normalized spacial score (nSPS) is 21.4. The zero-order valence-electron chi connectivity index (χ0n) is 12.2. The van der Waals surface area contributed by atoms with Crippen molar-refractivity contribution < 1.29 is 9.47 Å². The van der Waals surface area contributed by atoms with E-state index in [-0.39, 0.29) is 5.54 Å². The Morgan fingerprint density at radius 2 is 2.11 bits per heavy atom. The van der Waals surface area contributed by atoms with Crippen molar-refractivity contribution in [2.45, 2.75) is 38.4 Å². The average Bonchev–Trinajstić information content (AvgIpc) is 2.75. The Bertz CT molecular complexity index is 432. The molecule has 0 spiro atoms. The summed E-state index contributed by atoms with van der Waals surface area (Å²) < 4.78 is 10.6. The molecule has 0 radical (unpaired) electrons. The highest BCUT2D eigenvalue weighted by Crippen LogP contribution is 2.25. The van der Waals surface area contributed by atoms with Crippen LogP contribution in [0.1, 0.15) is 25.8 Å². The van der Waals surface area contributed by atoms with Crippen LogP contribution in [0.3, 0.4) is 0 Å². The first-order valence-electron chi connectivity index (χ1n) is 6.73. The quantitative estimate of drug-likeness (QED) is 0.853. The van der Waals surface area contributed by atoms with Crippen LogP contribution in [0.4, 0.5) is 0 Å². The van der Waals surface area contributed by atoms with Crippen molar-refractivity contribution in [2.75, 3.05) is 20.8 Å². The smallest absolute Gasteiger partial charge is 0.127 e. The zero-order valence-corrected chi connectivity index (χ0v) is 12.2. The number of benzene rings is 1. The maximum Gasteiger partial charge on any atom is 0.127 e. The van der Waals surface area contributed by atoms with E-state index in [1.165, 1.54) is 0 Å². The summed E-state index contributed by atoms with van der Waals surface area (Å²) in [7, 11) is 3.36. The highest BCUT2D eigenvalue weighted by atomic mass is 16.5. The highest BCUT2D eigenvalue weighted by molar-refractivity contribution is 5.40. The molecule has 2 N–H and O–H groups in total. The van der Waals surface area contributed by atoms with E-state index in [1.54, 1.807) is 14.2 Å². The summed E-state index contributed by atoms with van der Waals surface area (Å²) in [6.07, 6.45) is 1.14. The summed E-state index contributed by atoms with van der Waals surface area (Å²) in [6, 6.07) is 6.46. The molecular weight excluding hydrogens is 240 g/mol. The van der Waals surface area contributed by atoms with E-state index in [1.807, 2.05) is 12.1 Å². The molecule has 1 fully saturated rings. The number of hydrogen-bond acceptors (Lipinski definition) is 4. The fourth-order valence-corrected chi connectivity index (χ4v) is 2.56. The first kappa shape index (κ1) is 14.2. The second kappa shape index (κ2) is 5.80. The van der Waals surface area contributed by atoms with Gasteiger partial charge < -0.3 is 20.1 Å². The van der Waals surface area contributed by atoms with Crippen LogP contribution in [0.25, 0.3) is 0 Å². The Labute approximate surface area is 115 Å². The number of methoxy groups -OCH3 is 2. The lowest BCUT2D eigenvalue weighted by Crippen LogP contribution is -2.31. The Hall–Kier alpha value is -1.26. The largest absolute Gasteiger partial charge is 0.497 e. The van der Waals surface area contributed by atoms with E-state index in [0.717, 1.165) is 36.6 Å². The minimum absolute atomic E-state index is 0.238. The van der Waals surface area contributed by atoms with Gasteiger partial charge in [0, 0.05) is 36.3 Å². The van der Waals surface area contributed by atoms with Crippen LogP contribution in [0.15, 0.2) is 18.2 Å². The van der Waals surface area contributed by atoms with Crippen LogP contribution in [0.5, 0.6) is 11.5 Å². The van der Waals surface area contributed by atoms with Gasteiger partial charge in [-0.25, -0.2) is 0 Å². The fourth-order valence-electron chi connectivity index (χ4n) is 2.56. The van der Waals surface area contributed by atoms with E-state index in [0.29, 0.717) is 6.04 Å². The van der Waals surface area contributed by atoms with E-state index >= 15 is 0 Å². The van der Waals surface area contributed by atoms with Crippen molar-refractivity contribution in [1.29, 1.82) is 0 Å². The summed E-state index contributed by atoms with van der Waals surface area (Å²) in [5.41, 5.74) is 1.40. The maximum absolute atomic E-state index is 5.41. The molecule has 19 heavy (non-hydrogen) atoms. The molecule has 1 unspecified atom stereocenters. The van der Waals surface area contributed by atoms with Crippen molar-refractivity contribution in [3.8, 4) is 11.5 Å². The third-order valence-corrected chi connectivity index (χ3v) is 3.66. The van der Waals surface area contributed by atoms with Crippen LogP contribution < -0.4 is 20.1 Å². The molecular formula is C15H24N2O2. The molecule has 4 heteroatoms. The van der Waals surface area contributed by atoms with Crippen LogP contribution in [-0.2, 0) is 6.54 Å². The predicted molar refractivity (Wildman–Crippen MR) is 76.9 cm³/mol. The Balaban J connectivity index is 1.96. The van der Waals surface area contributed by atoms with Gasteiger partial charge >= 0.3 is 0 Å². The first-order valence-corrected chi connectivity index (χ1v) is 6.73. The van der Waals surface area contributed by atoms with Crippen LogP contribution in [0, 0.1) is 0 Å². The number of nitrogens with one attached hydrogen (secondary N) is 2. The monoisotopic (exact) mass is 264 g/mol. The molecule has 1 heterocycles.